The maximum atomic E-state index is 12.2. The summed E-state index contributed by atoms with van der Waals surface area (Å²) in [5.41, 5.74) is 1.08. The van der Waals surface area contributed by atoms with Crippen molar-refractivity contribution in [3.05, 3.63) is 40.8 Å². The Morgan fingerprint density at radius 3 is 3.09 bits per heavy atom. The molecule has 1 aromatic carbocycles. The first-order valence-corrected chi connectivity index (χ1v) is 7.51. The molecule has 0 radical (unpaired) electrons. The minimum atomic E-state index is -0.279. The third-order valence-electron chi connectivity index (χ3n) is 3.97. The number of rotatable bonds is 4. The summed E-state index contributed by atoms with van der Waals surface area (Å²) in [5.74, 6) is -0.193. The largest absolute Gasteiger partial charge is 0.376 e. The molecule has 2 aromatic rings. The molecule has 3 rings (SSSR count). The number of hydrogen-bond acceptors (Lipinski definition) is 4. The van der Waals surface area contributed by atoms with Gasteiger partial charge in [-0.2, -0.15) is 0 Å². The summed E-state index contributed by atoms with van der Waals surface area (Å²) in [6.07, 6.45) is 3.30. The fraction of sp³-hybridized carbons (Fsp3) is 0.438. The summed E-state index contributed by atoms with van der Waals surface area (Å²) in [6, 6.07) is 7.23. The van der Waals surface area contributed by atoms with Gasteiger partial charge in [0.05, 0.1) is 29.4 Å². The van der Waals surface area contributed by atoms with Gasteiger partial charge in [-0.3, -0.25) is 14.2 Å². The van der Waals surface area contributed by atoms with E-state index in [2.05, 4.69) is 10.3 Å². The smallest absolute Gasteiger partial charge is 0.269 e. The average Bonchev–Trinajstić information content (AvgIpc) is 3.04. The van der Waals surface area contributed by atoms with Crippen LogP contribution in [-0.4, -0.2) is 34.2 Å². The van der Waals surface area contributed by atoms with Gasteiger partial charge in [0.15, 0.2) is 0 Å². The minimum absolute atomic E-state index is 0.0150. The van der Waals surface area contributed by atoms with Gasteiger partial charge < -0.3 is 10.1 Å². The lowest BCUT2D eigenvalue weighted by molar-refractivity contribution is -0.123. The molecule has 0 spiro atoms. The van der Waals surface area contributed by atoms with Crippen molar-refractivity contribution in [1.82, 2.24) is 14.9 Å². The van der Waals surface area contributed by atoms with Crippen LogP contribution in [0, 0.1) is 0 Å². The molecule has 1 N–H and O–H groups in total. The fourth-order valence-corrected chi connectivity index (χ4v) is 2.81. The van der Waals surface area contributed by atoms with Crippen LogP contribution in [0.3, 0.4) is 0 Å². The van der Waals surface area contributed by atoms with Crippen molar-refractivity contribution in [1.29, 1.82) is 0 Å². The molecule has 6 heteroatoms. The van der Waals surface area contributed by atoms with E-state index in [1.54, 1.807) is 6.07 Å². The van der Waals surface area contributed by atoms with Crippen LogP contribution in [0.25, 0.3) is 11.0 Å². The first kappa shape index (κ1) is 14.7. The number of nitrogens with one attached hydrogen (secondary N) is 1. The highest BCUT2D eigenvalue weighted by Crippen LogP contribution is 2.15. The van der Waals surface area contributed by atoms with Crippen LogP contribution >= 0.6 is 0 Å². The van der Waals surface area contributed by atoms with Gasteiger partial charge in [0.2, 0.25) is 5.91 Å². The molecule has 1 aliphatic heterocycles. The van der Waals surface area contributed by atoms with Gasteiger partial charge in [-0.15, -0.1) is 0 Å². The Hall–Kier alpha value is -2.21. The van der Waals surface area contributed by atoms with Gasteiger partial charge in [-0.05, 0) is 31.9 Å². The van der Waals surface area contributed by atoms with E-state index in [9.17, 15) is 9.59 Å². The van der Waals surface area contributed by atoms with E-state index in [-0.39, 0.29) is 30.2 Å². The maximum absolute atomic E-state index is 12.2. The average molecular weight is 301 g/mol. The molecule has 0 bridgehead atoms. The normalized spacial score (nSPS) is 19.2. The topological polar surface area (TPSA) is 73.2 Å². The fourth-order valence-electron chi connectivity index (χ4n) is 2.81. The van der Waals surface area contributed by atoms with Gasteiger partial charge in [0.1, 0.15) is 6.54 Å². The van der Waals surface area contributed by atoms with Crippen molar-refractivity contribution in [2.24, 2.45) is 0 Å². The lowest BCUT2D eigenvalue weighted by Crippen LogP contribution is -2.43. The zero-order valence-corrected chi connectivity index (χ0v) is 12.5. The van der Waals surface area contributed by atoms with Crippen molar-refractivity contribution < 1.29 is 9.53 Å². The second-order valence-electron chi connectivity index (χ2n) is 5.58. The van der Waals surface area contributed by atoms with Gasteiger partial charge in [0, 0.05) is 6.61 Å². The second kappa shape index (κ2) is 6.27. The Morgan fingerprint density at radius 1 is 1.50 bits per heavy atom. The van der Waals surface area contributed by atoms with Crippen molar-refractivity contribution in [2.45, 2.75) is 38.5 Å². The third-order valence-corrected chi connectivity index (χ3v) is 3.97. The van der Waals surface area contributed by atoms with Gasteiger partial charge in [-0.25, -0.2) is 4.98 Å². The number of fused-ring (bicyclic) bond motifs is 1. The van der Waals surface area contributed by atoms with Crippen molar-refractivity contribution in [3.63, 3.8) is 0 Å². The van der Waals surface area contributed by atoms with E-state index in [1.165, 1.54) is 10.8 Å². The van der Waals surface area contributed by atoms with Crippen LogP contribution in [0.2, 0.25) is 0 Å². The number of hydrogen-bond donors (Lipinski definition) is 1. The molecule has 6 nitrogen and oxygen atoms in total. The maximum Gasteiger partial charge on any atom is 0.269 e. The molecule has 22 heavy (non-hydrogen) atoms. The van der Waals surface area contributed by atoms with E-state index < -0.39 is 0 Å². The highest BCUT2D eigenvalue weighted by Gasteiger charge is 2.23. The molecule has 1 aromatic heterocycles. The number of aromatic nitrogens is 2. The van der Waals surface area contributed by atoms with E-state index >= 15 is 0 Å². The summed E-state index contributed by atoms with van der Waals surface area (Å²) >= 11 is 0. The molecular formula is C16H19N3O3. The highest BCUT2D eigenvalue weighted by atomic mass is 16.5. The molecule has 1 amide bonds. The summed E-state index contributed by atoms with van der Waals surface area (Å²) in [7, 11) is 0. The number of ether oxygens (including phenoxy) is 1. The Morgan fingerprint density at radius 2 is 2.32 bits per heavy atom. The molecule has 2 atom stereocenters. The molecular weight excluding hydrogens is 282 g/mol. The highest BCUT2D eigenvalue weighted by molar-refractivity contribution is 5.80. The predicted molar refractivity (Wildman–Crippen MR) is 82.6 cm³/mol. The number of carbonyl (C=O) groups excluding carboxylic acids is 1. The monoisotopic (exact) mass is 301 g/mol. The second-order valence-corrected chi connectivity index (χ2v) is 5.58. The van der Waals surface area contributed by atoms with E-state index in [0.29, 0.717) is 11.0 Å². The summed E-state index contributed by atoms with van der Waals surface area (Å²) in [4.78, 5) is 28.3. The van der Waals surface area contributed by atoms with Crippen LogP contribution in [0.4, 0.5) is 0 Å². The SMILES string of the molecule is CC(NC(=O)Cn1c(=O)cnc2ccccc21)C1CCCO1. The first-order valence-electron chi connectivity index (χ1n) is 7.51. The Bertz CT molecular complexity index is 735. The minimum Gasteiger partial charge on any atom is -0.376 e. The Labute approximate surface area is 128 Å². The molecule has 2 heterocycles. The lowest BCUT2D eigenvalue weighted by atomic mass is 10.1. The lowest BCUT2D eigenvalue weighted by Gasteiger charge is -2.20. The molecule has 116 valence electrons. The summed E-state index contributed by atoms with van der Waals surface area (Å²) in [5, 5.41) is 2.92. The van der Waals surface area contributed by atoms with Crippen molar-refractivity contribution in [2.75, 3.05) is 6.61 Å². The van der Waals surface area contributed by atoms with Crippen LogP contribution in [0.15, 0.2) is 35.3 Å². The van der Waals surface area contributed by atoms with Crippen molar-refractivity contribution >= 4 is 16.9 Å². The van der Waals surface area contributed by atoms with Crippen LogP contribution in [0.1, 0.15) is 19.8 Å². The van der Waals surface area contributed by atoms with E-state index in [1.807, 2.05) is 25.1 Å². The standard InChI is InChI=1S/C16H19N3O3/c1-11(14-7-4-8-22-14)18-15(20)10-19-13-6-3-2-5-12(13)17-9-16(19)21/h2-3,5-6,9,11,14H,4,7-8,10H2,1H3,(H,18,20). The molecule has 1 fully saturated rings. The number of benzene rings is 1. The van der Waals surface area contributed by atoms with Gasteiger partial charge in [-0.1, -0.05) is 12.1 Å². The van der Waals surface area contributed by atoms with E-state index in [0.717, 1.165) is 19.4 Å². The Balaban J connectivity index is 1.76. The molecule has 0 saturated carbocycles. The van der Waals surface area contributed by atoms with Crippen LogP contribution in [0.5, 0.6) is 0 Å². The summed E-state index contributed by atoms with van der Waals surface area (Å²) in [6.45, 7) is 2.67. The quantitative estimate of drug-likeness (QED) is 0.917. The van der Waals surface area contributed by atoms with E-state index in [4.69, 9.17) is 4.74 Å². The predicted octanol–water partition coefficient (Wildman–Crippen LogP) is 1.08. The first-order chi connectivity index (χ1) is 10.6. The van der Waals surface area contributed by atoms with Crippen molar-refractivity contribution in [3.8, 4) is 0 Å². The molecule has 1 aliphatic rings. The zero-order valence-electron chi connectivity index (χ0n) is 12.5. The van der Waals surface area contributed by atoms with Gasteiger partial charge in [0.25, 0.3) is 5.56 Å². The number of nitrogens with zero attached hydrogens (tertiary/aromatic N) is 2. The number of amides is 1. The number of para-hydroxylation sites is 2. The summed E-state index contributed by atoms with van der Waals surface area (Å²) < 4.78 is 7.01. The zero-order chi connectivity index (χ0) is 15.5. The van der Waals surface area contributed by atoms with Crippen LogP contribution in [-0.2, 0) is 16.1 Å². The van der Waals surface area contributed by atoms with Crippen LogP contribution < -0.4 is 10.9 Å². The molecule has 2 unspecified atom stereocenters. The number of carbonyl (C=O) groups is 1. The third kappa shape index (κ3) is 3.01. The Kier molecular flexibility index (Phi) is 4.20. The molecule has 0 aliphatic carbocycles. The van der Waals surface area contributed by atoms with Gasteiger partial charge >= 0.3 is 0 Å². The molecule has 1 saturated heterocycles.